The first-order chi connectivity index (χ1) is 8.72. The van der Waals surface area contributed by atoms with Crippen molar-refractivity contribution >= 4 is 0 Å². The van der Waals surface area contributed by atoms with Gasteiger partial charge in [-0.2, -0.15) is 5.26 Å². The van der Waals surface area contributed by atoms with Gasteiger partial charge in [0.15, 0.2) is 6.10 Å². The summed E-state index contributed by atoms with van der Waals surface area (Å²) < 4.78 is 0. The Morgan fingerprint density at radius 3 is 1.94 bits per heavy atom. The van der Waals surface area contributed by atoms with Crippen LogP contribution in [0.25, 0.3) is 11.1 Å². The topological polar surface area (TPSA) is 64.2 Å². The highest BCUT2D eigenvalue weighted by atomic mass is 16.3. The minimum absolute atomic E-state index is 0.531. The fraction of sp³-hybridized carbons (Fsp3) is 0.133. The Kier molecular flexibility index (Phi) is 3.73. The average molecular weight is 239 g/mol. The molecule has 2 N–H and O–H groups in total. The number of rotatable bonds is 3. The molecule has 0 radical (unpaired) electrons. The van der Waals surface area contributed by atoms with Gasteiger partial charge >= 0.3 is 0 Å². The quantitative estimate of drug-likeness (QED) is 0.807. The first-order valence-electron chi connectivity index (χ1n) is 5.63. The molecule has 0 amide bonds. The van der Waals surface area contributed by atoms with E-state index >= 15 is 0 Å². The maximum Gasteiger partial charge on any atom is 0.170 e. The third-order valence-electron chi connectivity index (χ3n) is 2.79. The molecule has 2 aromatic rings. The van der Waals surface area contributed by atoms with Crippen molar-refractivity contribution in [2.24, 2.45) is 0 Å². The first kappa shape index (κ1) is 12.3. The highest BCUT2D eigenvalue weighted by molar-refractivity contribution is 5.63. The van der Waals surface area contributed by atoms with E-state index in [-0.39, 0.29) is 0 Å². The molecule has 0 saturated heterocycles. The first-order valence-corrected chi connectivity index (χ1v) is 5.63. The van der Waals surface area contributed by atoms with Crippen molar-refractivity contribution in [3.05, 3.63) is 60.2 Å². The minimum Gasteiger partial charge on any atom is -0.385 e. The summed E-state index contributed by atoms with van der Waals surface area (Å²) in [6.45, 7) is 0. The summed E-state index contributed by atoms with van der Waals surface area (Å²) in [5.74, 6) is 0. The summed E-state index contributed by atoms with van der Waals surface area (Å²) in [5.41, 5.74) is 2.64. The van der Waals surface area contributed by atoms with Gasteiger partial charge in [-0.3, -0.25) is 0 Å². The second kappa shape index (κ2) is 5.46. The molecule has 90 valence electrons. The van der Waals surface area contributed by atoms with Gasteiger partial charge in [-0.15, -0.1) is 0 Å². The van der Waals surface area contributed by atoms with Gasteiger partial charge < -0.3 is 10.2 Å². The minimum atomic E-state index is -1.40. The zero-order valence-electron chi connectivity index (χ0n) is 9.69. The van der Waals surface area contributed by atoms with Crippen molar-refractivity contribution in [3.8, 4) is 17.2 Å². The summed E-state index contributed by atoms with van der Waals surface area (Å²) in [7, 11) is 0. The van der Waals surface area contributed by atoms with E-state index in [0.29, 0.717) is 5.56 Å². The fourth-order valence-electron chi connectivity index (χ4n) is 1.76. The van der Waals surface area contributed by atoms with E-state index < -0.39 is 12.2 Å². The summed E-state index contributed by atoms with van der Waals surface area (Å²) in [5, 5.41) is 27.5. The molecule has 0 aliphatic carbocycles. The van der Waals surface area contributed by atoms with Crippen LogP contribution in [0.3, 0.4) is 0 Å². The third kappa shape index (κ3) is 2.57. The van der Waals surface area contributed by atoms with Gasteiger partial charge in [-0.05, 0) is 16.7 Å². The van der Waals surface area contributed by atoms with Crippen LogP contribution in [0.15, 0.2) is 54.6 Å². The summed E-state index contributed by atoms with van der Waals surface area (Å²) in [6.07, 6.45) is -2.56. The zero-order chi connectivity index (χ0) is 13.0. The maximum absolute atomic E-state index is 9.68. The molecule has 0 fully saturated rings. The van der Waals surface area contributed by atoms with Crippen LogP contribution in [0.2, 0.25) is 0 Å². The van der Waals surface area contributed by atoms with Crippen LogP contribution in [0, 0.1) is 11.3 Å². The van der Waals surface area contributed by atoms with Gasteiger partial charge in [0.25, 0.3) is 0 Å². The molecule has 0 bridgehead atoms. The molecule has 18 heavy (non-hydrogen) atoms. The molecule has 0 saturated carbocycles. The highest BCUT2D eigenvalue weighted by Crippen LogP contribution is 2.23. The van der Waals surface area contributed by atoms with E-state index in [1.54, 1.807) is 18.2 Å². The van der Waals surface area contributed by atoms with Crippen LogP contribution in [-0.2, 0) is 0 Å². The number of hydrogen-bond donors (Lipinski definition) is 2. The molecule has 3 nitrogen and oxygen atoms in total. The van der Waals surface area contributed by atoms with Crippen LogP contribution in [-0.4, -0.2) is 16.3 Å². The standard InChI is InChI=1S/C15H13NO2/c16-10-14(17)15(18)13-8-6-12(7-9-13)11-4-2-1-3-5-11/h1-9,14-15,17-18H. The molecule has 2 aromatic carbocycles. The van der Waals surface area contributed by atoms with Crippen molar-refractivity contribution in [3.63, 3.8) is 0 Å². The third-order valence-corrected chi connectivity index (χ3v) is 2.79. The van der Waals surface area contributed by atoms with Crippen molar-refractivity contribution in [2.45, 2.75) is 12.2 Å². The Morgan fingerprint density at radius 1 is 0.833 bits per heavy atom. The van der Waals surface area contributed by atoms with Crippen molar-refractivity contribution < 1.29 is 10.2 Å². The number of benzene rings is 2. The lowest BCUT2D eigenvalue weighted by Gasteiger charge is -2.12. The molecule has 0 heterocycles. The maximum atomic E-state index is 9.68. The molecular formula is C15H13NO2. The largest absolute Gasteiger partial charge is 0.385 e. The van der Waals surface area contributed by atoms with Gasteiger partial charge in [0.2, 0.25) is 0 Å². The van der Waals surface area contributed by atoms with Gasteiger partial charge in [-0.1, -0.05) is 54.6 Å². The van der Waals surface area contributed by atoms with E-state index in [4.69, 9.17) is 5.26 Å². The Bertz CT molecular complexity index is 543. The Morgan fingerprint density at radius 2 is 1.39 bits per heavy atom. The van der Waals surface area contributed by atoms with E-state index in [1.165, 1.54) is 0 Å². The molecule has 0 spiro atoms. The summed E-state index contributed by atoms with van der Waals surface area (Å²) in [4.78, 5) is 0. The Hall–Kier alpha value is -2.15. The second-order valence-electron chi connectivity index (χ2n) is 4.01. The SMILES string of the molecule is N#CC(O)C(O)c1ccc(-c2ccccc2)cc1. The molecular weight excluding hydrogens is 226 g/mol. The molecule has 0 aliphatic heterocycles. The molecule has 0 aliphatic rings. The van der Waals surface area contributed by atoms with Gasteiger partial charge in [0, 0.05) is 0 Å². The monoisotopic (exact) mass is 239 g/mol. The van der Waals surface area contributed by atoms with Gasteiger partial charge in [0.05, 0.1) is 6.07 Å². The highest BCUT2D eigenvalue weighted by Gasteiger charge is 2.17. The van der Waals surface area contributed by atoms with Crippen LogP contribution in [0.1, 0.15) is 11.7 Å². The predicted molar refractivity (Wildman–Crippen MR) is 68.5 cm³/mol. The molecule has 2 unspecified atom stereocenters. The number of hydrogen-bond acceptors (Lipinski definition) is 3. The van der Waals surface area contributed by atoms with E-state index in [2.05, 4.69) is 0 Å². The van der Waals surface area contributed by atoms with Crippen molar-refractivity contribution in [2.75, 3.05) is 0 Å². The van der Waals surface area contributed by atoms with Gasteiger partial charge in [-0.25, -0.2) is 0 Å². The van der Waals surface area contributed by atoms with Gasteiger partial charge in [0.1, 0.15) is 6.10 Å². The van der Waals surface area contributed by atoms with Crippen molar-refractivity contribution in [1.82, 2.24) is 0 Å². The van der Waals surface area contributed by atoms with Crippen molar-refractivity contribution in [1.29, 1.82) is 5.26 Å². The Balaban J connectivity index is 2.24. The second-order valence-corrected chi connectivity index (χ2v) is 4.01. The molecule has 2 atom stereocenters. The lowest BCUT2D eigenvalue weighted by molar-refractivity contribution is 0.0528. The number of aliphatic hydroxyl groups excluding tert-OH is 2. The predicted octanol–water partition coefficient (Wildman–Crippen LogP) is 2.27. The fourth-order valence-corrected chi connectivity index (χ4v) is 1.76. The summed E-state index contributed by atoms with van der Waals surface area (Å²) >= 11 is 0. The molecule has 0 aromatic heterocycles. The van der Waals surface area contributed by atoms with Crippen LogP contribution >= 0.6 is 0 Å². The molecule has 3 heteroatoms. The average Bonchev–Trinajstić information content (AvgIpc) is 2.47. The molecule has 2 rings (SSSR count). The lowest BCUT2D eigenvalue weighted by atomic mass is 10.00. The van der Waals surface area contributed by atoms with Crippen LogP contribution in [0.5, 0.6) is 0 Å². The van der Waals surface area contributed by atoms with Crippen LogP contribution < -0.4 is 0 Å². The zero-order valence-corrected chi connectivity index (χ0v) is 9.69. The van der Waals surface area contributed by atoms with E-state index in [0.717, 1.165) is 11.1 Å². The Labute approximate surface area is 106 Å². The normalized spacial score (nSPS) is 13.6. The van der Waals surface area contributed by atoms with E-state index in [9.17, 15) is 10.2 Å². The summed E-state index contributed by atoms with van der Waals surface area (Å²) in [6, 6.07) is 18.6. The smallest absolute Gasteiger partial charge is 0.170 e. The number of nitrogens with zero attached hydrogens (tertiary/aromatic N) is 1. The van der Waals surface area contributed by atoms with Crippen LogP contribution in [0.4, 0.5) is 0 Å². The lowest BCUT2D eigenvalue weighted by Crippen LogP contribution is -2.15. The van der Waals surface area contributed by atoms with E-state index in [1.807, 2.05) is 42.5 Å². The number of aliphatic hydroxyl groups is 2. The number of nitriles is 1.